The second-order valence-electron chi connectivity index (χ2n) is 4.63. The van der Waals surface area contributed by atoms with Gasteiger partial charge in [-0.15, -0.1) is 11.3 Å². The quantitative estimate of drug-likeness (QED) is 0.698. The highest BCUT2D eigenvalue weighted by Gasteiger charge is 2.11. The lowest BCUT2D eigenvalue weighted by molar-refractivity contribution is 0.262. The second kappa shape index (κ2) is 6.33. The first-order chi connectivity index (χ1) is 10.6. The van der Waals surface area contributed by atoms with E-state index in [4.69, 9.17) is 0 Å². The van der Waals surface area contributed by atoms with Crippen LogP contribution < -0.4 is 10.6 Å². The van der Waals surface area contributed by atoms with E-state index < -0.39 is 0 Å². The zero-order valence-corrected chi connectivity index (χ0v) is 14.1. The van der Waals surface area contributed by atoms with Gasteiger partial charge in [0.05, 0.1) is 16.4 Å². The Morgan fingerprint density at radius 3 is 2.68 bits per heavy atom. The van der Waals surface area contributed by atoms with Gasteiger partial charge in [0.1, 0.15) is 5.82 Å². The number of carbonyl (C=O) groups excluding carboxylic acids is 1. The lowest BCUT2D eigenvalue weighted by Gasteiger charge is -2.09. The van der Waals surface area contributed by atoms with E-state index >= 15 is 0 Å². The SMILES string of the molecule is Cc1cc(NC(=O)Nc2cc(Br)cs2)n(-c2ccccc2)n1. The molecule has 0 fully saturated rings. The Bertz CT molecular complexity index is 797. The number of urea groups is 1. The number of thiophene rings is 1. The van der Waals surface area contributed by atoms with Crippen molar-refractivity contribution in [1.29, 1.82) is 0 Å². The van der Waals surface area contributed by atoms with Crippen molar-refractivity contribution in [3.05, 3.63) is 58.0 Å². The highest BCUT2D eigenvalue weighted by atomic mass is 79.9. The number of aryl methyl sites for hydroxylation is 1. The molecule has 0 spiro atoms. The minimum Gasteiger partial charge on any atom is -0.299 e. The van der Waals surface area contributed by atoms with E-state index in [1.54, 1.807) is 4.68 Å². The van der Waals surface area contributed by atoms with E-state index in [1.807, 2.05) is 54.8 Å². The predicted octanol–water partition coefficient (Wildman–Crippen LogP) is 4.65. The molecule has 3 rings (SSSR count). The van der Waals surface area contributed by atoms with E-state index in [9.17, 15) is 4.79 Å². The summed E-state index contributed by atoms with van der Waals surface area (Å²) in [6.07, 6.45) is 0. The van der Waals surface area contributed by atoms with Gasteiger partial charge < -0.3 is 0 Å². The van der Waals surface area contributed by atoms with Crippen LogP contribution in [-0.2, 0) is 0 Å². The van der Waals surface area contributed by atoms with Crippen molar-refractivity contribution in [1.82, 2.24) is 9.78 Å². The maximum atomic E-state index is 12.1. The number of amides is 2. The Morgan fingerprint density at radius 1 is 1.23 bits per heavy atom. The number of para-hydroxylation sites is 1. The third-order valence-electron chi connectivity index (χ3n) is 2.88. The molecule has 2 N–H and O–H groups in total. The Balaban J connectivity index is 1.79. The van der Waals surface area contributed by atoms with Gasteiger partial charge >= 0.3 is 6.03 Å². The third kappa shape index (κ3) is 3.37. The predicted molar refractivity (Wildman–Crippen MR) is 93.0 cm³/mol. The molecular formula is C15H13BrN4OS. The summed E-state index contributed by atoms with van der Waals surface area (Å²) >= 11 is 4.81. The summed E-state index contributed by atoms with van der Waals surface area (Å²) in [4.78, 5) is 12.1. The highest BCUT2D eigenvalue weighted by molar-refractivity contribution is 9.10. The standard InChI is InChI=1S/C15H13BrN4OS/c1-10-7-13(20(19-10)12-5-3-2-4-6-12)17-15(21)18-14-8-11(16)9-22-14/h2-9H,1H3,(H2,17,18,21). The van der Waals surface area contributed by atoms with Crippen molar-refractivity contribution >= 4 is 44.1 Å². The molecule has 2 heterocycles. The number of nitrogens with one attached hydrogen (secondary N) is 2. The van der Waals surface area contributed by atoms with E-state index in [2.05, 4.69) is 31.7 Å². The van der Waals surface area contributed by atoms with Crippen LogP contribution in [0.25, 0.3) is 5.69 Å². The lowest BCUT2D eigenvalue weighted by Crippen LogP contribution is -2.20. The summed E-state index contributed by atoms with van der Waals surface area (Å²) in [6, 6.07) is 13.1. The van der Waals surface area contributed by atoms with Crippen LogP contribution in [0.3, 0.4) is 0 Å². The van der Waals surface area contributed by atoms with Crippen LogP contribution in [-0.4, -0.2) is 15.8 Å². The molecule has 0 atom stereocenters. The number of hydrogen-bond donors (Lipinski definition) is 2. The summed E-state index contributed by atoms with van der Waals surface area (Å²) in [7, 11) is 0. The number of aromatic nitrogens is 2. The Morgan fingerprint density at radius 2 is 2.00 bits per heavy atom. The first-order valence-electron chi connectivity index (χ1n) is 6.56. The summed E-state index contributed by atoms with van der Waals surface area (Å²) < 4.78 is 2.65. The first-order valence-corrected chi connectivity index (χ1v) is 8.23. The molecule has 2 aromatic heterocycles. The molecule has 0 unspecified atom stereocenters. The Hall–Kier alpha value is -2.12. The number of hydrogen-bond acceptors (Lipinski definition) is 3. The van der Waals surface area contributed by atoms with Crippen molar-refractivity contribution in [3.8, 4) is 5.69 Å². The molecule has 0 aliphatic heterocycles. The molecule has 0 aliphatic rings. The van der Waals surface area contributed by atoms with Gasteiger partial charge in [-0.1, -0.05) is 18.2 Å². The minimum atomic E-state index is -0.300. The Labute approximate surface area is 140 Å². The zero-order valence-electron chi connectivity index (χ0n) is 11.7. The molecule has 0 bridgehead atoms. The van der Waals surface area contributed by atoms with Gasteiger partial charge in [-0.05, 0) is 41.1 Å². The minimum absolute atomic E-state index is 0.300. The second-order valence-corrected chi connectivity index (χ2v) is 6.45. The molecule has 5 nitrogen and oxygen atoms in total. The number of rotatable bonds is 3. The average molecular weight is 377 g/mol. The van der Waals surface area contributed by atoms with E-state index in [0.717, 1.165) is 20.9 Å². The summed E-state index contributed by atoms with van der Waals surface area (Å²) in [6.45, 7) is 1.89. The van der Waals surface area contributed by atoms with Gasteiger partial charge in [0.15, 0.2) is 0 Å². The van der Waals surface area contributed by atoms with Crippen molar-refractivity contribution in [3.63, 3.8) is 0 Å². The van der Waals surface area contributed by atoms with Crippen molar-refractivity contribution < 1.29 is 4.79 Å². The third-order valence-corrected chi connectivity index (χ3v) is 4.48. The van der Waals surface area contributed by atoms with Gasteiger partial charge in [0, 0.05) is 15.9 Å². The van der Waals surface area contributed by atoms with E-state index in [1.165, 1.54) is 11.3 Å². The van der Waals surface area contributed by atoms with E-state index in [-0.39, 0.29) is 6.03 Å². The van der Waals surface area contributed by atoms with Crippen LogP contribution in [0.1, 0.15) is 5.69 Å². The van der Waals surface area contributed by atoms with Crippen molar-refractivity contribution in [2.45, 2.75) is 6.92 Å². The fraction of sp³-hybridized carbons (Fsp3) is 0.0667. The highest BCUT2D eigenvalue weighted by Crippen LogP contribution is 2.24. The van der Waals surface area contributed by atoms with Crippen molar-refractivity contribution in [2.24, 2.45) is 0 Å². The molecule has 0 aliphatic carbocycles. The van der Waals surface area contributed by atoms with Gasteiger partial charge in [-0.25, -0.2) is 9.48 Å². The van der Waals surface area contributed by atoms with Crippen LogP contribution >= 0.6 is 27.3 Å². The molecule has 2 amide bonds. The fourth-order valence-electron chi connectivity index (χ4n) is 1.99. The fourth-order valence-corrected chi connectivity index (χ4v) is 3.31. The summed E-state index contributed by atoms with van der Waals surface area (Å²) in [5.41, 5.74) is 1.72. The smallest absolute Gasteiger partial charge is 0.299 e. The normalized spacial score (nSPS) is 10.5. The molecule has 0 saturated carbocycles. The molecule has 1 aromatic carbocycles. The largest absolute Gasteiger partial charge is 0.325 e. The number of benzene rings is 1. The van der Waals surface area contributed by atoms with Gasteiger partial charge in [-0.2, -0.15) is 5.10 Å². The van der Waals surface area contributed by atoms with Crippen LogP contribution in [0.4, 0.5) is 15.6 Å². The average Bonchev–Trinajstić information content (AvgIpc) is 3.06. The molecular weight excluding hydrogens is 364 g/mol. The van der Waals surface area contributed by atoms with Crippen LogP contribution in [0.2, 0.25) is 0 Å². The van der Waals surface area contributed by atoms with Crippen molar-refractivity contribution in [2.75, 3.05) is 10.6 Å². The Kier molecular flexibility index (Phi) is 4.26. The molecule has 7 heteroatoms. The van der Waals surface area contributed by atoms with E-state index in [0.29, 0.717) is 5.82 Å². The summed E-state index contributed by atoms with van der Waals surface area (Å²) in [5, 5.41) is 12.7. The summed E-state index contributed by atoms with van der Waals surface area (Å²) in [5.74, 6) is 0.622. The van der Waals surface area contributed by atoms with Gasteiger partial charge in [0.25, 0.3) is 0 Å². The van der Waals surface area contributed by atoms with Gasteiger partial charge in [-0.3, -0.25) is 10.6 Å². The topological polar surface area (TPSA) is 59.0 Å². The lowest BCUT2D eigenvalue weighted by atomic mass is 10.3. The van der Waals surface area contributed by atoms with Crippen LogP contribution in [0.15, 0.2) is 52.3 Å². The van der Waals surface area contributed by atoms with Gasteiger partial charge in [0.2, 0.25) is 0 Å². The van der Waals surface area contributed by atoms with Crippen LogP contribution in [0, 0.1) is 6.92 Å². The molecule has 3 aromatic rings. The molecule has 0 radical (unpaired) electrons. The molecule has 22 heavy (non-hydrogen) atoms. The monoisotopic (exact) mass is 376 g/mol. The zero-order chi connectivity index (χ0) is 15.5. The maximum Gasteiger partial charge on any atom is 0.325 e. The maximum absolute atomic E-state index is 12.1. The molecule has 0 saturated heterocycles. The molecule has 112 valence electrons. The number of halogens is 1. The first kappa shape index (κ1) is 14.8. The van der Waals surface area contributed by atoms with Crippen LogP contribution in [0.5, 0.6) is 0 Å². The number of anilines is 2. The number of carbonyl (C=O) groups is 1. The number of nitrogens with zero attached hydrogens (tertiary/aromatic N) is 2.